The molecule has 1 unspecified atom stereocenters. The van der Waals surface area contributed by atoms with Crippen LogP contribution in [0.4, 0.5) is 4.39 Å². The highest BCUT2D eigenvalue weighted by atomic mass is 79.9. The molecule has 1 aliphatic carbocycles. The van der Waals surface area contributed by atoms with E-state index in [1.54, 1.807) is 6.20 Å². The molecule has 0 N–H and O–H groups in total. The first kappa shape index (κ1) is 10.3. The molecular weight excluding hydrogens is 271 g/mol. The molecule has 2 heterocycles. The van der Waals surface area contributed by atoms with Gasteiger partial charge >= 0.3 is 0 Å². The van der Waals surface area contributed by atoms with Gasteiger partial charge in [-0.05, 0) is 28.3 Å². The van der Waals surface area contributed by atoms with Crippen molar-refractivity contribution in [3.63, 3.8) is 0 Å². The number of nitrogens with zero attached hydrogens (tertiary/aromatic N) is 2. The molecule has 2 aromatic rings. The molecule has 0 spiro atoms. The number of imidazole rings is 1. The van der Waals surface area contributed by atoms with E-state index in [-0.39, 0.29) is 5.82 Å². The van der Waals surface area contributed by atoms with Crippen LogP contribution in [-0.2, 0) is 0 Å². The molecule has 0 saturated heterocycles. The molecule has 0 saturated carbocycles. The van der Waals surface area contributed by atoms with Gasteiger partial charge in [-0.25, -0.2) is 9.37 Å². The Morgan fingerprint density at radius 3 is 2.94 bits per heavy atom. The maximum absolute atomic E-state index is 13.4. The van der Waals surface area contributed by atoms with Crippen LogP contribution in [0, 0.1) is 5.82 Å². The maximum atomic E-state index is 13.4. The van der Waals surface area contributed by atoms with E-state index in [1.165, 1.54) is 11.8 Å². The fourth-order valence-electron chi connectivity index (χ4n) is 2.68. The Morgan fingerprint density at radius 2 is 2.19 bits per heavy atom. The van der Waals surface area contributed by atoms with Gasteiger partial charge in [0.15, 0.2) is 0 Å². The van der Waals surface area contributed by atoms with Crippen molar-refractivity contribution >= 4 is 21.6 Å². The Hall–Kier alpha value is -0.900. The van der Waals surface area contributed by atoms with Gasteiger partial charge in [0.1, 0.15) is 11.5 Å². The first-order chi connectivity index (χ1) is 7.58. The first-order valence-electron chi connectivity index (χ1n) is 5.45. The lowest BCUT2D eigenvalue weighted by Crippen LogP contribution is -1.96. The first-order valence-corrected chi connectivity index (χ1v) is 6.24. The summed E-state index contributed by atoms with van der Waals surface area (Å²) in [5, 5.41) is 0. The Bertz CT molecular complexity index is 576. The van der Waals surface area contributed by atoms with Crippen molar-refractivity contribution in [3.05, 3.63) is 33.9 Å². The summed E-state index contributed by atoms with van der Waals surface area (Å²) in [6, 6.07) is 1.49. The van der Waals surface area contributed by atoms with E-state index in [4.69, 9.17) is 0 Å². The smallest absolute Gasteiger partial charge is 0.142 e. The van der Waals surface area contributed by atoms with E-state index in [1.807, 2.05) is 4.40 Å². The summed E-state index contributed by atoms with van der Waals surface area (Å²) in [6.07, 6.45) is 2.92. The molecule has 84 valence electrons. The number of fused-ring (bicyclic) bond motifs is 3. The Balaban J connectivity index is 2.36. The van der Waals surface area contributed by atoms with Gasteiger partial charge < -0.3 is 4.40 Å². The highest BCUT2D eigenvalue weighted by Gasteiger charge is 2.30. The van der Waals surface area contributed by atoms with Crippen LogP contribution in [0.15, 0.2) is 16.7 Å². The zero-order valence-electron chi connectivity index (χ0n) is 9.17. The highest BCUT2D eigenvalue weighted by molar-refractivity contribution is 9.10. The topological polar surface area (TPSA) is 17.3 Å². The van der Waals surface area contributed by atoms with E-state index in [9.17, 15) is 4.39 Å². The molecule has 0 aromatic carbocycles. The summed E-state index contributed by atoms with van der Waals surface area (Å²) >= 11 is 3.22. The number of pyridine rings is 1. The minimum Gasteiger partial charge on any atom is -0.302 e. The third-order valence-electron chi connectivity index (χ3n) is 3.37. The van der Waals surface area contributed by atoms with Crippen molar-refractivity contribution in [1.29, 1.82) is 0 Å². The molecule has 2 atom stereocenters. The summed E-state index contributed by atoms with van der Waals surface area (Å²) in [5.74, 6) is 0.723. The van der Waals surface area contributed by atoms with Crippen LogP contribution < -0.4 is 0 Å². The van der Waals surface area contributed by atoms with E-state index < -0.39 is 0 Å². The number of rotatable bonds is 0. The van der Waals surface area contributed by atoms with Crippen LogP contribution in [0.3, 0.4) is 0 Å². The normalized spacial score (nSPS) is 24.0. The Morgan fingerprint density at radius 1 is 1.44 bits per heavy atom. The maximum Gasteiger partial charge on any atom is 0.142 e. The average Bonchev–Trinajstić information content (AvgIpc) is 2.68. The number of aromatic nitrogens is 2. The fourth-order valence-corrected chi connectivity index (χ4v) is 3.00. The number of halogens is 2. The Kier molecular flexibility index (Phi) is 2.11. The Labute approximate surface area is 102 Å². The van der Waals surface area contributed by atoms with Gasteiger partial charge in [-0.3, -0.25) is 0 Å². The summed E-state index contributed by atoms with van der Waals surface area (Å²) < 4.78 is 15.9. The number of hydrogen-bond acceptors (Lipinski definition) is 1. The quantitative estimate of drug-likeness (QED) is 0.718. The molecule has 0 amide bonds. The predicted molar refractivity (Wildman–Crippen MR) is 64.3 cm³/mol. The zero-order valence-corrected chi connectivity index (χ0v) is 10.8. The lowest BCUT2D eigenvalue weighted by atomic mass is 10.1. The third kappa shape index (κ3) is 1.25. The van der Waals surface area contributed by atoms with Crippen molar-refractivity contribution in [1.82, 2.24) is 9.38 Å². The average molecular weight is 283 g/mol. The van der Waals surface area contributed by atoms with Gasteiger partial charge in [0, 0.05) is 23.9 Å². The van der Waals surface area contributed by atoms with E-state index in [2.05, 4.69) is 34.8 Å². The van der Waals surface area contributed by atoms with Gasteiger partial charge in [0.25, 0.3) is 0 Å². The molecule has 0 bridgehead atoms. The standard InChI is InChI=1S/C12H12BrFN2/c1-6-3-7(2)12-11(6)15-10-4-9(14)8(13)5-16(10)12/h4-7H,3H2,1-2H3/t6?,7-/m0/s1. The summed E-state index contributed by atoms with van der Waals surface area (Å²) in [6.45, 7) is 4.38. The van der Waals surface area contributed by atoms with Crippen molar-refractivity contribution in [3.8, 4) is 0 Å². The van der Waals surface area contributed by atoms with Crippen molar-refractivity contribution < 1.29 is 4.39 Å². The van der Waals surface area contributed by atoms with Gasteiger partial charge in [0.05, 0.1) is 10.2 Å². The summed E-state index contributed by atoms with van der Waals surface area (Å²) in [4.78, 5) is 4.53. The molecule has 1 aliphatic rings. The second-order valence-corrected chi connectivity index (χ2v) is 5.47. The fraction of sp³-hybridized carbons (Fsp3) is 0.417. The second kappa shape index (κ2) is 3.29. The van der Waals surface area contributed by atoms with E-state index in [0.717, 1.165) is 12.1 Å². The largest absolute Gasteiger partial charge is 0.302 e. The van der Waals surface area contributed by atoms with Gasteiger partial charge in [-0.1, -0.05) is 13.8 Å². The van der Waals surface area contributed by atoms with Gasteiger partial charge in [0.2, 0.25) is 0 Å². The molecule has 2 aromatic heterocycles. The van der Waals surface area contributed by atoms with Crippen molar-refractivity contribution in [2.45, 2.75) is 32.1 Å². The lowest BCUT2D eigenvalue weighted by molar-refractivity contribution is 0.614. The van der Waals surface area contributed by atoms with Crippen LogP contribution in [0.2, 0.25) is 0 Å². The highest BCUT2D eigenvalue weighted by Crippen LogP contribution is 2.41. The van der Waals surface area contributed by atoms with Crippen molar-refractivity contribution in [2.24, 2.45) is 0 Å². The second-order valence-electron chi connectivity index (χ2n) is 4.62. The molecule has 16 heavy (non-hydrogen) atoms. The van der Waals surface area contributed by atoms with Gasteiger partial charge in [-0.2, -0.15) is 0 Å². The SMILES string of the molecule is CC1C[C@H](C)c2c1nc1cc(F)c(Br)cn21. The molecule has 3 rings (SSSR count). The van der Waals surface area contributed by atoms with Crippen LogP contribution in [0.25, 0.3) is 5.65 Å². The van der Waals surface area contributed by atoms with E-state index >= 15 is 0 Å². The lowest BCUT2D eigenvalue weighted by Gasteiger charge is -2.06. The predicted octanol–water partition coefficient (Wildman–Crippen LogP) is 3.85. The van der Waals surface area contributed by atoms with Crippen LogP contribution >= 0.6 is 15.9 Å². The van der Waals surface area contributed by atoms with Gasteiger partial charge in [-0.15, -0.1) is 0 Å². The molecule has 0 radical (unpaired) electrons. The molecule has 2 nitrogen and oxygen atoms in total. The number of hydrogen-bond donors (Lipinski definition) is 0. The summed E-state index contributed by atoms with van der Waals surface area (Å²) in [7, 11) is 0. The molecule has 4 heteroatoms. The van der Waals surface area contributed by atoms with Crippen molar-refractivity contribution in [2.75, 3.05) is 0 Å². The summed E-state index contributed by atoms with van der Waals surface area (Å²) in [5.41, 5.74) is 3.08. The third-order valence-corrected chi connectivity index (χ3v) is 3.95. The van der Waals surface area contributed by atoms with E-state index in [0.29, 0.717) is 22.0 Å². The zero-order chi connectivity index (χ0) is 11.4. The van der Waals surface area contributed by atoms with Crippen LogP contribution in [0.1, 0.15) is 43.5 Å². The minimum absolute atomic E-state index is 0.253. The molecular formula is C12H12BrFN2. The van der Waals surface area contributed by atoms with Crippen LogP contribution in [-0.4, -0.2) is 9.38 Å². The molecule has 0 aliphatic heterocycles. The monoisotopic (exact) mass is 282 g/mol. The molecule has 0 fully saturated rings. The minimum atomic E-state index is -0.253. The van der Waals surface area contributed by atoms with Crippen LogP contribution in [0.5, 0.6) is 0 Å².